The van der Waals surface area contributed by atoms with Gasteiger partial charge in [-0.1, -0.05) is 26.7 Å². The van der Waals surface area contributed by atoms with Crippen molar-refractivity contribution in [1.82, 2.24) is 9.97 Å². The fourth-order valence-electron chi connectivity index (χ4n) is 1.83. The highest BCUT2D eigenvalue weighted by atomic mass is 79.9. The lowest BCUT2D eigenvalue weighted by atomic mass is 9.97. The topological polar surface area (TPSA) is 58.0 Å². The first-order chi connectivity index (χ1) is 8.06. The van der Waals surface area contributed by atoms with E-state index in [4.69, 9.17) is 0 Å². The molecule has 0 saturated carbocycles. The molecule has 1 aromatic rings. The van der Waals surface area contributed by atoms with Crippen molar-refractivity contribution in [2.75, 3.05) is 11.9 Å². The minimum Gasteiger partial charge on any atom is -0.391 e. The lowest BCUT2D eigenvalue weighted by molar-refractivity contribution is 0.114. The zero-order chi connectivity index (χ0) is 12.8. The Kier molecular flexibility index (Phi) is 5.85. The number of hydrogen-bond donors (Lipinski definition) is 2. The molecule has 0 saturated heterocycles. The van der Waals surface area contributed by atoms with Crippen LogP contribution in [-0.2, 0) is 0 Å². The molecule has 17 heavy (non-hydrogen) atoms. The monoisotopic (exact) mass is 301 g/mol. The van der Waals surface area contributed by atoms with Gasteiger partial charge in [-0.05, 0) is 28.8 Å². The van der Waals surface area contributed by atoms with Gasteiger partial charge in [0, 0.05) is 12.6 Å². The lowest BCUT2D eigenvalue weighted by Crippen LogP contribution is -2.28. The van der Waals surface area contributed by atoms with E-state index in [1.165, 1.54) is 0 Å². The van der Waals surface area contributed by atoms with Crippen molar-refractivity contribution < 1.29 is 5.11 Å². The van der Waals surface area contributed by atoms with E-state index in [0.29, 0.717) is 18.3 Å². The second-order valence-electron chi connectivity index (χ2n) is 4.15. The maximum atomic E-state index is 9.99. The highest BCUT2D eigenvalue weighted by Gasteiger charge is 2.15. The first-order valence-electron chi connectivity index (χ1n) is 5.99. The van der Waals surface area contributed by atoms with Crippen molar-refractivity contribution >= 4 is 21.7 Å². The van der Waals surface area contributed by atoms with E-state index < -0.39 is 0 Å². The van der Waals surface area contributed by atoms with E-state index in [2.05, 4.69) is 45.1 Å². The summed E-state index contributed by atoms with van der Waals surface area (Å²) in [7, 11) is 0. The van der Waals surface area contributed by atoms with Crippen LogP contribution in [0, 0.1) is 12.8 Å². The van der Waals surface area contributed by atoms with Gasteiger partial charge in [-0.3, -0.25) is 0 Å². The molecule has 1 rings (SSSR count). The van der Waals surface area contributed by atoms with Gasteiger partial charge >= 0.3 is 0 Å². The predicted molar refractivity (Wildman–Crippen MR) is 73.0 cm³/mol. The average Bonchev–Trinajstić information content (AvgIpc) is 2.27. The number of nitrogens with one attached hydrogen (secondary N) is 1. The highest BCUT2D eigenvalue weighted by molar-refractivity contribution is 9.10. The van der Waals surface area contributed by atoms with Gasteiger partial charge in [-0.15, -0.1) is 0 Å². The van der Waals surface area contributed by atoms with Crippen molar-refractivity contribution in [2.24, 2.45) is 5.92 Å². The minimum atomic E-state index is -0.334. The van der Waals surface area contributed by atoms with Crippen molar-refractivity contribution in [2.45, 2.75) is 39.7 Å². The molecule has 1 atom stereocenters. The maximum Gasteiger partial charge on any atom is 0.130 e. The summed E-state index contributed by atoms with van der Waals surface area (Å²) in [6, 6.07) is 1.81. The fourth-order valence-corrected chi connectivity index (χ4v) is 2.30. The average molecular weight is 302 g/mol. The number of aliphatic hydroxyl groups excluding tert-OH is 1. The summed E-state index contributed by atoms with van der Waals surface area (Å²) in [5, 5.41) is 13.1. The molecule has 0 aliphatic rings. The first-order valence-corrected chi connectivity index (χ1v) is 6.79. The molecule has 0 amide bonds. The van der Waals surface area contributed by atoms with Crippen LogP contribution in [0.5, 0.6) is 0 Å². The fraction of sp³-hybridized carbons (Fsp3) is 0.667. The Bertz CT molecular complexity index is 335. The van der Waals surface area contributed by atoms with Crippen LogP contribution in [0.2, 0.25) is 0 Å². The Balaban J connectivity index is 2.55. The van der Waals surface area contributed by atoms with Crippen LogP contribution in [0.3, 0.4) is 0 Å². The number of aryl methyl sites for hydroxylation is 1. The summed E-state index contributed by atoms with van der Waals surface area (Å²) in [6.45, 7) is 6.56. The molecule has 0 bridgehead atoms. The van der Waals surface area contributed by atoms with Gasteiger partial charge < -0.3 is 10.4 Å². The Morgan fingerprint density at radius 3 is 2.53 bits per heavy atom. The molecule has 5 heteroatoms. The number of halogens is 1. The van der Waals surface area contributed by atoms with Crippen molar-refractivity contribution in [3.05, 3.63) is 16.5 Å². The maximum absolute atomic E-state index is 9.99. The van der Waals surface area contributed by atoms with Crippen LogP contribution in [-0.4, -0.2) is 27.7 Å². The summed E-state index contributed by atoms with van der Waals surface area (Å²) in [6.07, 6.45) is 1.65. The molecule has 96 valence electrons. The molecular weight excluding hydrogens is 282 g/mol. The summed E-state index contributed by atoms with van der Waals surface area (Å²) in [5.41, 5.74) is 0. The van der Waals surface area contributed by atoms with Crippen LogP contribution in [0.25, 0.3) is 0 Å². The lowest BCUT2D eigenvalue weighted by Gasteiger charge is -2.20. The highest BCUT2D eigenvalue weighted by Crippen LogP contribution is 2.15. The summed E-state index contributed by atoms with van der Waals surface area (Å²) < 4.78 is 0.754. The second-order valence-corrected chi connectivity index (χ2v) is 4.96. The molecule has 2 N–H and O–H groups in total. The molecule has 0 fully saturated rings. The Morgan fingerprint density at radius 2 is 2.00 bits per heavy atom. The van der Waals surface area contributed by atoms with Gasteiger partial charge in [0.1, 0.15) is 16.2 Å². The Labute approximate surface area is 111 Å². The molecule has 4 nitrogen and oxygen atoms in total. The Morgan fingerprint density at radius 1 is 1.35 bits per heavy atom. The van der Waals surface area contributed by atoms with Crippen molar-refractivity contribution in [1.29, 1.82) is 0 Å². The first kappa shape index (κ1) is 14.4. The third kappa shape index (κ3) is 4.60. The van der Waals surface area contributed by atoms with E-state index in [1.54, 1.807) is 0 Å². The predicted octanol–water partition coefficient (Wildman–Crippen LogP) is 2.76. The van der Waals surface area contributed by atoms with Gasteiger partial charge in [0.05, 0.1) is 6.10 Å². The van der Waals surface area contributed by atoms with Crippen LogP contribution >= 0.6 is 15.9 Å². The van der Waals surface area contributed by atoms with E-state index in [9.17, 15) is 5.11 Å². The zero-order valence-corrected chi connectivity index (χ0v) is 12.2. The minimum absolute atomic E-state index is 0.334. The van der Waals surface area contributed by atoms with Gasteiger partial charge in [0.25, 0.3) is 0 Å². The number of anilines is 1. The largest absolute Gasteiger partial charge is 0.391 e. The van der Waals surface area contributed by atoms with E-state index >= 15 is 0 Å². The van der Waals surface area contributed by atoms with E-state index in [1.807, 2.05) is 13.0 Å². The molecule has 1 aromatic heterocycles. The smallest absolute Gasteiger partial charge is 0.130 e. The molecule has 0 spiro atoms. The molecule has 0 radical (unpaired) electrons. The van der Waals surface area contributed by atoms with Gasteiger partial charge in [0.15, 0.2) is 0 Å². The van der Waals surface area contributed by atoms with Crippen LogP contribution in [0.4, 0.5) is 5.82 Å². The van der Waals surface area contributed by atoms with E-state index in [0.717, 1.165) is 23.3 Å². The molecule has 0 aromatic carbocycles. The van der Waals surface area contributed by atoms with Crippen LogP contribution in [0.1, 0.15) is 32.5 Å². The number of nitrogens with zero attached hydrogens (tertiary/aromatic N) is 2. The molecule has 0 aliphatic carbocycles. The molecular formula is C12H20BrN3O. The normalized spacial score (nSPS) is 12.8. The zero-order valence-electron chi connectivity index (χ0n) is 10.6. The number of aliphatic hydroxyl groups is 1. The standard InChI is InChI=1S/C12H20BrN3O/c1-4-9(5-2)10(17)7-14-12-6-11(13)15-8(3)16-12/h6,9-10,17H,4-5,7H2,1-3H3,(H,14,15,16). The molecule has 0 aliphatic heterocycles. The third-order valence-electron chi connectivity index (χ3n) is 2.89. The van der Waals surface area contributed by atoms with Gasteiger partial charge in [0.2, 0.25) is 0 Å². The summed E-state index contributed by atoms with van der Waals surface area (Å²) in [5.74, 6) is 1.79. The van der Waals surface area contributed by atoms with Gasteiger partial charge in [-0.25, -0.2) is 9.97 Å². The summed E-state index contributed by atoms with van der Waals surface area (Å²) in [4.78, 5) is 8.39. The van der Waals surface area contributed by atoms with Gasteiger partial charge in [-0.2, -0.15) is 0 Å². The number of hydrogen-bond acceptors (Lipinski definition) is 4. The van der Waals surface area contributed by atoms with E-state index in [-0.39, 0.29) is 6.10 Å². The van der Waals surface area contributed by atoms with Crippen molar-refractivity contribution in [3.8, 4) is 0 Å². The molecule has 1 unspecified atom stereocenters. The number of aromatic nitrogens is 2. The summed E-state index contributed by atoms with van der Waals surface area (Å²) >= 11 is 3.32. The molecule has 1 heterocycles. The third-order valence-corrected chi connectivity index (χ3v) is 3.30. The second kappa shape index (κ2) is 6.91. The number of rotatable bonds is 6. The van der Waals surface area contributed by atoms with Crippen molar-refractivity contribution in [3.63, 3.8) is 0 Å². The quantitative estimate of drug-likeness (QED) is 0.793. The van der Waals surface area contributed by atoms with Crippen LogP contribution < -0.4 is 5.32 Å². The SMILES string of the molecule is CCC(CC)C(O)CNc1cc(Br)nc(C)n1. The Hall–Kier alpha value is -0.680. The van der Waals surface area contributed by atoms with Crippen LogP contribution in [0.15, 0.2) is 10.7 Å².